The van der Waals surface area contributed by atoms with Crippen molar-refractivity contribution in [3.05, 3.63) is 59.4 Å². The van der Waals surface area contributed by atoms with E-state index in [0.717, 1.165) is 64.2 Å². The fourth-order valence-corrected chi connectivity index (χ4v) is 4.60. The SMILES string of the molecule is O=C(N1CCNCC1)n1cc(C23/C=C\c4ccc(cc4)CN(CC2)CC3)cn1. The lowest BCUT2D eigenvalue weighted by molar-refractivity contribution is 0.176. The summed E-state index contributed by atoms with van der Waals surface area (Å²) in [5, 5.41) is 7.75. The van der Waals surface area contributed by atoms with Crippen molar-refractivity contribution in [1.29, 1.82) is 0 Å². The molecule has 2 saturated heterocycles. The molecule has 4 bridgehead atoms. The maximum Gasteiger partial charge on any atom is 0.344 e. The van der Waals surface area contributed by atoms with Crippen molar-refractivity contribution < 1.29 is 4.79 Å². The van der Waals surface area contributed by atoms with E-state index in [2.05, 4.69) is 51.7 Å². The molecule has 1 aromatic heterocycles. The van der Waals surface area contributed by atoms with Crippen LogP contribution >= 0.6 is 0 Å². The van der Waals surface area contributed by atoms with Gasteiger partial charge in [0.2, 0.25) is 0 Å². The van der Waals surface area contributed by atoms with E-state index in [9.17, 15) is 4.79 Å². The van der Waals surface area contributed by atoms with Crippen LogP contribution in [0.3, 0.4) is 0 Å². The molecule has 0 saturated carbocycles. The van der Waals surface area contributed by atoms with Crippen molar-refractivity contribution in [2.75, 3.05) is 39.3 Å². The first kappa shape index (κ1) is 17.6. The van der Waals surface area contributed by atoms with Crippen molar-refractivity contribution >= 4 is 12.1 Å². The highest BCUT2D eigenvalue weighted by molar-refractivity contribution is 5.76. The minimum atomic E-state index is -0.0553. The van der Waals surface area contributed by atoms with Crippen LogP contribution in [0.2, 0.25) is 0 Å². The second-order valence-electron chi connectivity index (χ2n) is 8.20. The van der Waals surface area contributed by atoms with Crippen LogP contribution in [0.4, 0.5) is 4.79 Å². The van der Waals surface area contributed by atoms with E-state index in [4.69, 9.17) is 0 Å². The quantitative estimate of drug-likeness (QED) is 0.829. The van der Waals surface area contributed by atoms with Crippen LogP contribution in [0.25, 0.3) is 6.08 Å². The number of allylic oxidation sites excluding steroid dienone is 1. The lowest BCUT2D eigenvalue weighted by atomic mass is 9.73. The molecule has 6 aliphatic rings. The Hall–Kier alpha value is -2.44. The molecule has 2 aromatic rings. The predicted molar refractivity (Wildman–Crippen MR) is 109 cm³/mol. The van der Waals surface area contributed by atoms with Gasteiger partial charge in [-0.2, -0.15) is 9.78 Å². The van der Waals surface area contributed by atoms with Crippen molar-refractivity contribution in [2.45, 2.75) is 24.8 Å². The van der Waals surface area contributed by atoms with Crippen molar-refractivity contribution in [3.8, 4) is 0 Å². The van der Waals surface area contributed by atoms with Crippen LogP contribution in [0, 0.1) is 0 Å². The Morgan fingerprint density at radius 1 is 1.04 bits per heavy atom. The van der Waals surface area contributed by atoms with E-state index in [1.807, 2.05) is 17.3 Å². The van der Waals surface area contributed by atoms with E-state index < -0.39 is 0 Å². The van der Waals surface area contributed by atoms with Gasteiger partial charge >= 0.3 is 6.03 Å². The van der Waals surface area contributed by atoms with Crippen molar-refractivity contribution in [2.24, 2.45) is 0 Å². The molecule has 8 rings (SSSR count). The number of piperazine rings is 1. The lowest BCUT2D eigenvalue weighted by Gasteiger charge is -2.39. The van der Waals surface area contributed by atoms with Gasteiger partial charge in [0, 0.05) is 49.9 Å². The van der Waals surface area contributed by atoms with E-state index >= 15 is 0 Å². The molecule has 146 valence electrons. The van der Waals surface area contributed by atoms with E-state index in [0.29, 0.717) is 0 Å². The lowest BCUT2D eigenvalue weighted by Crippen LogP contribution is -2.48. The number of hydrogen-bond donors (Lipinski definition) is 1. The summed E-state index contributed by atoms with van der Waals surface area (Å²) >= 11 is 0. The summed E-state index contributed by atoms with van der Waals surface area (Å²) in [5.41, 5.74) is 3.70. The van der Waals surface area contributed by atoms with Gasteiger partial charge in [-0.05, 0) is 37.1 Å². The zero-order chi connectivity index (χ0) is 19.0. The molecular formula is C22H27N5O. The first-order chi connectivity index (χ1) is 13.7. The van der Waals surface area contributed by atoms with Crippen LogP contribution in [-0.4, -0.2) is 64.9 Å². The fourth-order valence-electron chi connectivity index (χ4n) is 4.60. The Kier molecular flexibility index (Phi) is 4.53. The molecule has 6 aliphatic heterocycles. The zero-order valence-electron chi connectivity index (χ0n) is 16.2. The molecule has 0 spiro atoms. The highest BCUT2D eigenvalue weighted by Gasteiger charge is 2.36. The largest absolute Gasteiger partial charge is 0.344 e. The van der Waals surface area contributed by atoms with Gasteiger partial charge in [0.15, 0.2) is 0 Å². The Morgan fingerprint density at radius 3 is 2.54 bits per heavy atom. The highest BCUT2D eigenvalue weighted by atomic mass is 16.2. The molecule has 1 N–H and O–H groups in total. The molecule has 1 aromatic carbocycles. The summed E-state index contributed by atoms with van der Waals surface area (Å²) in [6.07, 6.45) is 10.6. The first-order valence-electron chi connectivity index (χ1n) is 10.3. The predicted octanol–water partition coefficient (Wildman–Crippen LogP) is 2.32. The Morgan fingerprint density at radius 2 is 1.79 bits per heavy atom. The Bertz CT molecular complexity index is 871. The number of nitrogens with zero attached hydrogens (tertiary/aromatic N) is 4. The number of hydrogen-bond acceptors (Lipinski definition) is 4. The van der Waals surface area contributed by atoms with Crippen LogP contribution in [0.5, 0.6) is 0 Å². The van der Waals surface area contributed by atoms with Crippen molar-refractivity contribution in [1.82, 2.24) is 24.9 Å². The standard InChI is InChI=1S/C22H27N5O/c28-21(26-13-9-23-10-14-26)27-17-20(15-24-27)22-6-5-18-1-3-19(4-2-18)16-25(11-7-22)12-8-22/h1-6,15,17,23H,7-14,16H2/b6-5-. The van der Waals surface area contributed by atoms with Gasteiger partial charge in [0.05, 0.1) is 6.20 Å². The smallest absolute Gasteiger partial charge is 0.320 e. The second kappa shape index (κ2) is 7.18. The maximum absolute atomic E-state index is 12.8. The number of amides is 1. The van der Waals surface area contributed by atoms with Gasteiger partial charge in [-0.1, -0.05) is 36.4 Å². The zero-order valence-corrected chi connectivity index (χ0v) is 16.2. The molecule has 0 unspecified atom stereocenters. The van der Waals surface area contributed by atoms with Gasteiger partial charge in [-0.15, -0.1) is 0 Å². The highest BCUT2D eigenvalue weighted by Crippen LogP contribution is 2.38. The van der Waals surface area contributed by atoms with Gasteiger partial charge in [0.25, 0.3) is 0 Å². The number of piperidine rings is 1. The number of nitrogens with one attached hydrogen (secondary N) is 1. The third-order valence-electron chi connectivity index (χ3n) is 6.47. The van der Waals surface area contributed by atoms with Gasteiger partial charge in [-0.25, -0.2) is 4.79 Å². The van der Waals surface area contributed by atoms with E-state index in [-0.39, 0.29) is 11.4 Å². The number of carbonyl (C=O) groups excluding carboxylic acids is 1. The third-order valence-corrected chi connectivity index (χ3v) is 6.47. The monoisotopic (exact) mass is 377 g/mol. The average Bonchev–Trinajstić information content (AvgIpc) is 3.22. The first-order valence-corrected chi connectivity index (χ1v) is 10.3. The number of aromatic nitrogens is 2. The number of benzene rings is 1. The molecular weight excluding hydrogens is 350 g/mol. The molecule has 2 fully saturated rings. The average molecular weight is 377 g/mol. The van der Waals surface area contributed by atoms with Crippen molar-refractivity contribution in [3.63, 3.8) is 0 Å². The summed E-state index contributed by atoms with van der Waals surface area (Å²) in [6.45, 7) is 6.30. The molecule has 7 heterocycles. The Labute approximate surface area is 165 Å². The molecule has 1 amide bonds. The minimum absolute atomic E-state index is 0.0162. The molecule has 6 heteroatoms. The number of carbonyl (C=O) groups is 1. The summed E-state index contributed by atoms with van der Waals surface area (Å²) < 4.78 is 1.54. The van der Waals surface area contributed by atoms with Gasteiger partial charge in [0.1, 0.15) is 0 Å². The van der Waals surface area contributed by atoms with Crippen LogP contribution in [0.1, 0.15) is 29.5 Å². The molecule has 0 radical (unpaired) electrons. The van der Waals surface area contributed by atoms with Gasteiger partial charge in [-0.3, -0.25) is 4.90 Å². The summed E-state index contributed by atoms with van der Waals surface area (Å²) in [4.78, 5) is 17.2. The Balaban J connectivity index is 1.45. The molecule has 0 aliphatic carbocycles. The van der Waals surface area contributed by atoms with Crippen LogP contribution in [-0.2, 0) is 12.0 Å². The molecule has 0 atom stereocenters. The summed E-state index contributed by atoms with van der Waals surface area (Å²) in [5.74, 6) is 0. The minimum Gasteiger partial charge on any atom is -0.320 e. The third kappa shape index (κ3) is 3.27. The normalized spacial score (nSPS) is 28.1. The summed E-state index contributed by atoms with van der Waals surface area (Å²) in [7, 11) is 0. The van der Waals surface area contributed by atoms with E-state index in [1.165, 1.54) is 15.8 Å². The molecule has 28 heavy (non-hydrogen) atoms. The van der Waals surface area contributed by atoms with Crippen LogP contribution in [0.15, 0.2) is 42.7 Å². The fraction of sp³-hybridized carbons (Fsp3) is 0.455. The van der Waals surface area contributed by atoms with Gasteiger partial charge < -0.3 is 10.2 Å². The van der Waals surface area contributed by atoms with Crippen LogP contribution < -0.4 is 5.32 Å². The summed E-state index contributed by atoms with van der Waals surface area (Å²) in [6, 6.07) is 8.84. The number of rotatable bonds is 1. The maximum atomic E-state index is 12.8. The second-order valence-corrected chi connectivity index (χ2v) is 8.20. The van der Waals surface area contributed by atoms with E-state index in [1.54, 1.807) is 0 Å². The topological polar surface area (TPSA) is 53.4 Å². The molecule has 6 nitrogen and oxygen atoms in total.